The third-order valence-electron chi connectivity index (χ3n) is 2.98. The van der Waals surface area contributed by atoms with Crippen LogP contribution in [0.25, 0.3) is 0 Å². The molecule has 0 spiro atoms. The number of hydrogen-bond donors (Lipinski definition) is 1. The van der Waals surface area contributed by atoms with Crippen LogP contribution >= 0.6 is 0 Å². The van der Waals surface area contributed by atoms with E-state index in [9.17, 15) is 8.42 Å². The van der Waals surface area contributed by atoms with Gasteiger partial charge < -0.3 is 10.6 Å². The summed E-state index contributed by atoms with van der Waals surface area (Å²) in [4.78, 5) is 2.16. The molecular formula is C10H23N3O2S. The smallest absolute Gasteiger partial charge is 0.214 e. The molecule has 1 rings (SSSR count). The average molecular weight is 249 g/mol. The van der Waals surface area contributed by atoms with Crippen LogP contribution in [0.4, 0.5) is 0 Å². The van der Waals surface area contributed by atoms with Crippen molar-refractivity contribution < 1.29 is 8.42 Å². The topological polar surface area (TPSA) is 66.6 Å². The number of nitrogens with zero attached hydrogens (tertiary/aromatic N) is 2. The quantitative estimate of drug-likeness (QED) is 0.679. The molecule has 1 aliphatic rings. The normalized spacial score (nSPS) is 24.8. The lowest BCUT2D eigenvalue weighted by atomic mass is 10.2. The van der Waals surface area contributed by atoms with Gasteiger partial charge in [-0.1, -0.05) is 0 Å². The van der Waals surface area contributed by atoms with Crippen molar-refractivity contribution in [3.8, 4) is 0 Å². The second-order valence-electron chi connectivity index (χ2n) is 4.53. The number of piperazine rings is 1. The molecule has 6 heteroatoms. The van der Waals surface area contributed by atoms with Gasteiger partial charge in [0.25, 0.3) is 0 Å². The summed E-state index contributed by atoms with van der Waals surface area (Å²) in [6.07, 6.45) is 1.44. The van der Waals surface area contributed by atoms with E-state index in [0.29, 0.717) is 19.5 Å². The summed E-state index contributed by atoms with van der Waals surface area (Å²) in [6, 6.07) is 0.0848. The average Bonchev–Trinajstić information content (AvgIpc) is 2.17. The van der Waals surface area contributed by atoms with Crippen LogP contribution in [0, 0.1) is 0 Å². The molecule has 1 unspecified atom stereocenters. The van der Waals surface area contributed by atoms with Crippen molar-refractivity contribution in [2.75, 3.05) is 39.0 Å². The minimum absolute atomic E-state index is 0.0848. The standard InChI is InChI=1S/C10H23N3O2S/c1-10-9-12(2)6-7-13(10)16(14,15)8-4-3-5-11/h10H,3-9,11H2,1-2H3. The number of sulfonamides is 1. The van der Waals surface area contributed by atoms with E-state index in [1.165, 1.54) is 0 Å². The van der Waals surface area contributed by atoms with Gasteiger partial charge in [0.15, 0.2) is 0 Å². The van der Waals surface area contributed by atoms with Crippen LogP contribution in [0.15, 0.2) is 0 Å². The van der Waals surface area contributed by atoms with Crippen molar-refractivity contribution >= 4 is 10.0 Å². The minimum atomic E-state index is -3.08. The number of likely N-dealkylation sites (N-methyl/N-ethyl adjacent to an activating group) is 1. The maximum absolute atomic E-state index is 12.0. The Hall–Kier alpha value is -0.170. The van der Waals surface area contributed by atoms with Gasteiger partial charge in [-0.15, -0.1) is 0 Å². The van der Waals surface area contributed by atoms with E-state index in [2.05, 4.69) is 4.90 Å². The molecule has 2 N–H and O–H groups in total. The lowest BCUT2D eigenvalue weighted by molar-refractivity contribution is 0.170. The molecule has 1 fully saturated rings. The van der Waals surface area contributed by atoms with Crippen molar-refractivity contribution in [2.45, 2.75) is 25.8 Å². The van der Waals surface area contributed by atoms with Crippen LogP contribution < -0.4 is 5.73 Å². The van der Waals surface area contributed by atoms with Crippen molar-refractivity contribution in [3.63, 3.8) is 0 Å². The van der Waals surface area contributed by atoms with Gasteiger partial charge in [-0.3, -0.25) is 0 Å². The Morgan fingerprint density at radius 1 is 1.31 bits per heavy atom. The van der Waals surface area contributed by atoms with E-state index in [4.69, 9.17) is 5.73 Å². The zero-order valence-corrected chi connectivity index (χ0v) is 11.0. The van der Waals surface area contributed by atoms with E-state index in [-0.39, 0.29) is 11.8 Å². The Morgan fingerprint density at radius 2 is 2.00 bits per heavy atom. The molecule has 0 aromatic rings. The van der Waals surface area contributed by atoms with Crippen LogP contribution in [0.5, 0.6) is 0 Å². The van der Waals surface area contributed by atoms with Crippen molar-refractivity contribution in [2.24, 2.45) is 5.73 Å². The number of unbranched alkanes of at least 4 members (excludes halogenated alkanes) is 1. The molecule has 1 atom stereocenters. The molecule has 0 saturated carbocycles. The number of hydrogen-bond acceptors (Lipinski definition) is 4. The van der Waals surface area contributed by atoms with Gasteiger partial charge in [-0.05, 0) is 33.4 Å². The fourth-order valence-electron chi connectivity index (χ4n) is 2.08. The first-order valence-electron chi connectivity index (χ1n) is 5.85. The number of nitrogens with two attached hydrogens (primary N) is 1. The first kappa shape index (κ1) is 13.9. The summed E-state index contributed by atoms with van der Waals surface area (Å²) < 4.78 is 25.7. The molecule has 0 amide bonds. The minimum Gasteiger partial charge on any atom is -0.330 e. The Labute approximate surface area is 98.6 Å². The van der Waals surface area contributed by atoms with E-state index in [1.807, 2.05) is 14.0 Å². The molecule has 0 aromatic heterocycles. The largest absolute Gasteiger partial charge is 0.330 e. The third kappa shape index (κ3) is 3.69. The van der Waals surface area contributed by atoms with Gasteiger partial charge in [-0.25, -0.2) is 8.42 Å². The zero-order valence-electron chi connectivity index (χ0n) is 10.2. The molecule has 1 aliphatic heterocycles. The van der Waals surface area contributed by atoms with Gasteiger partial charge in [0.05, 0.1) is 5.75 Å². The van der Waals surface area contributed by atoms with E-state index >= 15 is 0 Å². The Morgan fingerprint density at radius 3 is 2.56 bits per heavy atom. The highest BCUT2D eigenvalue weighted by Gasteiger charge is 2.30. The molecule has 0 bridgehead atoms. The second-order valence-corrected chi connectivity index (χ2v) is 6.57. The lowest BCUT2D eigenvalue weighted by Crippen LogP contribution is -2.53. The molecule has 0 aliphatic carbocycles. The first-order chi connectivity index (χ1) is 7.47. The highest BCUT2D eigenvalue weighted by Crippen LogP contribution is 2.14. The van der Waals surface area contributed by atoms with Crippen LogP contribution in [0.3, 0.4) is 0 Å². The van der Waals surface area contributed by atoms with E-state index in [0.717, 1.165) is 19.5 Å². The van der Waals surface area contributed by atoms with E-state index < -0.39 is 10.0 Å². The summed E-state index contributed by atoms with van der Waals surface area (Å²) in [5.74, 6) is 0.234. The SMILES string of the molecule is CC1CN(C)CCN1S(=O)(=O)CCCCN. The van der Waals surface area contributed by atoms with Gasteiger partial charge in [0.2, 0.25) is 10.0 Å². The van der Waals surface area contributed by atoms with Crippen LogP contribution in [0.1, 0.15) is 19.8 Å². The van der Waals surface area contributed by atoms with Crippen molar-refractivity contribution in [1.82, 2.24) is 9.21 Å². The van der Waals surface area contributed by atoms with E-state index in [1.54, 1.807) is 4.31 Å². The highest BCUT2D eigenvalue weighted by atomic mass is 32.2. The maximum atomic E-state index is 12.0. The first-order valence-corrected chi connectivity index (χ1v) is 7.46. The Bertz CT molecular complexity index is 305. The maximum Gasteiger partial charge on any atom is 0.214 e. The zero-order chi connectivity index (χ0) is 12.2. The van der Waals surface area contributed by atoms with Gasteiger partial charge in [0.1, 0.15) is 0 Å². The van der Waals surface area contributed by atoms with Crippen LogP contribution in [-0.2, 0) is 10.0 Å². The molecule has 1 saturated heterocycles. The Balaban J connectivity index is 2.54. The fourth-order valence-corrected chi connectivity index (χ4v) is 3.86. The molecule has 1 heterocycles. The fraction of sp³-hybridized carbons (Fsp3) is 1.00. The number of rotatable bonds is 5. The third-order valence-corrected chi connectivity index (χ3v) is 5.04. The molecular weight excluding hydrogens is 226 g/mol. The summed E-state index contributed by atoms with van der Waals surface area (Å²) >= 11 is 0. The van der Waals surface area contributed by atoms with Gasteiger partial charge >= 0.3 is 0 Å². The summed E-state index contributed by atoms with van der Waals surface area (Å²) in [5, 5.41) is 0. The van der Waals surface area contributed by atoms with Gasteiger partial charge in [0, 0.05) is 25.7 Å². The van der Waals surface area contributed by atoms with Crippen molar-refractivity contribution in [1.29, 1.82) is 0 Å². The monoisotopic (exact) mass is 249 g/mol. The second kappa shape index (κ2) is 5.95. The van der Waals surface area contributed by atoms with Gasteiger partial charge in [-0.2, -0.15) is 4.31 Å². The molecule has 0 aromatic carbocycles. The van der Waals surface area contributed by atoms with Crippen molar-refractivity contribution in [3.05, 3.63) is 0 Å². The predicted octanol–water partition coefficient (Wildman–Crippen LogP) is -0.309. The molecule has 96 valence electrons. The summed E-state index contributed by atoms with van der Waals surface area (Å²) in [6.45, 7) is 4.78. The van der Waals surface area contributed by atoms with Crippen LogP contribution in [-0.4, -0.2) is 62.6 Å². The molecule has 0 radical (unpaired) electrons. The Kier molecular flexibility index (Phi) is 5.17. The summed E-state index contributed by atoms with van der Waals surface area (Å²) in [5.41, 5.74) is 5.37. The summed E-state index contributed by atoms with van der Waals surface area (Å²) in [7, 11) is -1.05. The molecule has 5 nitrogen and oxygen atoms in total. The van der Waals surface area contributed by atoms with Crippen LogP contribution in [0.2, 0.25) is 0 Å². The predicted molar refractivity (Wildman–Crippen MR) is 65.7 cm³/mol. The highest BCUT2D eigenvalue weighted by molar-refractivity contribution is 7.89. The molecule has 16 heavy (non-hydrogen) atoms. The lowest BCUT2D eigenvalue weighted by Gasteiger charge is -2.37.